The largest absolute Gasteiger partial charge is 0.478 e. The molecule has 130 valence electrons. The highest BCUT2D eigenvalue weighted by molar-refractivity contribution is 5.88. The molecule has 0 saturated carbocycles. The molecule has 2 aromatic carbocycles. The number of primary amides is 1. The molecule has 0 aromatic heterocycles. The Kier molecular flexibility index (Phi) is 5.84. The van der Waals surface area contributed by atoms with Crippen LogP contribution in [0.25, 0.3) is 0 Å². The number of benzene rings is 2. The molecule has 0 unspecified atom stereocenters. The zero-order valence-corrected chi connectivity index (χ0v) is 13.2. The Bertz CT molecular complexity index is 773. The van der Waals surface area contributed by atoms with Crippen molar-refractivity contribution < 1.29 is 23.9 Å². The molecule has 0 heterocycles. The molecule has 6 nitrogen and oxygen atoms in total. The van der Waals surface area contributed by atoms with Gasteiger partial charge in [0.25, 0.3) is 0 Å². The molecular formula is C18H17FN2O4. The number of hydrogen-bond donors (Lipinski definition) is 3. The highest BCUT2D eigenvalue weighted by atomic mass is 19.1. The number of carbonyl (C=O) groups is 3. The van der Waals surface area contributed by atoms with Crippen LogP contribution in [-0.2, 0) is 22.4 Å². The van der Waals surface area contributed by atoms with Crippen LogP contribution in [0.15, 0.2) is 48.5 Å². The van der Waals surface area contributed by atoms with Gasteiger partial charge >= 0.3 is 5.97 Å². The Morgan fingerprint density at radius 1 is 1.00 bits per heavy atom. The van der Waals surface area contributed by atoms with Gasteiger partial charge in [0.05, 0.1) is 12.0 Å². The van der Waals surface area contributed by atoms with Crippen molar-refractivity contribution in [2.45, 2.75) is 18.9 Å². The van der Waals surface area contributed by atoms with Crippen LogP contribution in [0.2, 0.25) is 0 Å². The van der Waals surface area contributed by atoms with Crippen LogP contribution in [0, 0.1) is 5.82 Å². The Morgan fingerprint density at radius 2 is 1.56 bits per heavy atom. The first-order valence-electron chi connectivity index (χ1n) is 7.50. The minimum atomic E-state index is -1.05. The number of carboxylic acids is 1. The summed E-state index contributed by atoms with van der Waals surface area (Å²) in [5, 5.41) is 11.4. The van der Waals surface area contributed by atoms with Crippen LogP contribution >= 0.6 is 0 Å². The van der Waals surface area contributed by atoms with E-state index < -0.39 is 29.6 Å². The van der Waals surface area contributed by atoms with E-state index in [-0.39, 0.29) is 18.4 Å². The highest BCUT2D eigenvalue weighted by Crippen LogP contribution is 2.08. The first-order chi connectivity index (χ1) is 11.8. The number of carbonyl (C=O) groups excluding carboxylic acids is 2. The molecule has 0 fully saturated rings. The van der Waals surface area contributed by atoms with Crippen LogP contribution in [0.1, 0.15) is 21.5 Å². The van der Waals surface area contributed by atoms with Crippen molar-refractivity contribution in [3.05, 3.63) is 71.0 Å². The molecule has 0 aliphatic rings. The fraction of sp³-hybridized carbons (Fsp3) is 0.167. The van der Waals surface area contributed by atoms with Crippen molar-refractivity contribution in [1.82, 2.24) is 5.32 Å². The second-order valence-corrected chi connectivity index (χ2v) is 5.53. The van der Waals surface area contributed by atoms with Crippen LogP contribution in [0.4, 0.5) is 4.39 Å². The lowest BCUT2D eigenvalue weighted by atomic mass is 10.0. The van der Waals surface area contributed by atoms with Gasteiger partial charge in [-0.15, -0.1) is 0 Å². The molecule has 2 rings (SSSR count). The van der Waals surface area contributed by atoms with Gasteiger partial charge in [-0.2, -0.15) is 0 Å². The average molecular weight is 344 g/mol. The number of amides is 2. The third kappa shape index (κ3) is 5.42. The summed E-state index contributed by atoms with van der Waals surface area (Å²) in [5.74, 6) is -2.57. The number of rotatable bonds is 7. The summed E-state index contributed by atoms with van der Waals surface area (Å²) in [6, 6.07) is 10.5. The Morgan fingerprint density at radius 3 is 2.08 bits per heavy atom. The van der Waals surface area contributed by atoms with Gasteiger partial charge in [-0.25, -0.2) is 9.18 Å². The molecule has 7 heteroatoms. The lowest BCUT2D eigenvalue weighted by Crippen LogP contribution is -2.46. The minimum Gasteiger partial charge on any atom is -0.478 e. The zero-order chi connectivity index (χ0) is 18.4. The number of aromatic carboxylic acids is 1. The molecule has 2 amide bonds. The van der Waals surface area contributed by atoms with Crippen molar-refractivity contribution in [2.24, 2.45) is 5.73 Å². The lowest BCUT2D eigenvalue weighted by Gasteiger charge is -2.16. The van der Waals surface area contributed by atoms with Crippen LogP contribution < -0.4 is 11.1 Å². The van der Waals surface area contributed by atoms with E-state index in [1.165, 1.54) is 36.4 Å². The molecule has 4 N–H and O–H groups in total. The van der Waals surface area contributed by atoms with Gasteiger partial charge in [-0.05, 0) is 35.4 Å². The molecule has 0 aliphatic heterocycles. The van der Waals surface area contributed by atoms with Crippen molar-refractivity contribution >= 4 is 17.8 Å². The molecule has 1 atom stereocenters. The summed E-state index contributed by atoms with van der Waals surface area (Å²) in [7, 11) is 0. The summed E-state index contributed by atoms with van der Waals surface area (Å²) in [6.07, 6.45) is 0.131. The predicted molar refractivity (Wildman–Crippen MR) is 88.3 cm³/mol. The summed E-state index contributed by atoms with van der Waals surface area (Å²) < 4.78 is 12.9. The SMILES string of the molecule is NC(=O)[C@@H](Cc1ccc(C(=O)O)cc1)NC(=O)Cc1ccc(F)cc1. The van der Waals surface area contributed by atoms with E-state index >= 15 is 0 Å². The van der Waals surface area contributed by atoms with E-state index in [0.717, 1.165) is 0 Å². The van der Waals surface area contributed by atoms with Crippen LogP contribution in [0.5, 0.6) is 0 Å². The maximum Gasteiger partial charge on any atom is 0.335 e. The van der Waals surface area contributed by atoms with E-state index in [1.807, 2.05) is 0 Å². The average Bonchev–Trinajstić information content (AvgIpc) is 2.56. The van der Waals surface area contributed by atoms with Gasteiger partial charge < -0.3 is 16.2 Å². The zero-order valence-electron chi connectivity index (χ0n) is 13.2. The van der Waals surface area contributed by atoms with Gasteiger partial charge in [-0.1, -0.05) is 24.3 Å². The topological polar surface area (TPSA) is 109 Å². The predicted octanol–water partition coefficient (Wildman–Crippen LogP) is 1.28. The maximum absolute atomic E-state index is 12.9. The smallest absolute Gasteiger partial charge is 0.335 e. The molecule has 25 heavy (non-hydrogen) atoms. The van der Waals surface area contributed by atoms with Crippen molar-refractivity contribution in [2.75, 3.05) is 0 Å². The van der Waals surface area contributed by atoms with Gasteiger partial charge in [0.2, 0.25) is 11.8 Å². The lowest BCUT2D eigenvalue weighted by molar-refractivity contribution is -0.127. The molecular weight excluding hydrogens is 327 g/mol. The molecule has 2 aromatic rings. The normalized spacial score (nSPS) is 11.6. The summed E-state index contributed by atoms with van der Waals surface area (Å²) in [5.41, 5.74) is 6.72. The second kappa shape index (κ2) is 8.05. The highest BCUT2D eigenvalue weighted by Gasteiger charge is 2.19. The van der Waals surface area contributed by atoms with Crippen molar-refractivity contribution in [3.63, 3.8) is 0 Å². The number of hydrogen-bond acceptors (Lipinski definition) is 3. The fourth-order valence-corrected chi connectivity index (χ4v) is 2.27. The van der Waals surface area contributed by atoms with Crippen LogP contribution in [0.3, 0.4) is 0 Å². The quantitative estimate of drug-likeness (QED) is 0.703. The third-order valence-electron chi connectivity index (χ3n) is 3.60. The summed E-state index contributed by atoms with van der Waals surface area (Å²) in [6.45, 7) is 0. The Hall–Kier alpha value is -3.22. The molecule has 0 saturated heterocycles. The fourth-order valence-electron chi connectivity index (χ4n) is 2.27. The van der Waals surface area contributed by atoms with Crippen LogP contribution in [-0.4, -0.2) is 28.9 Å². The van der Waals surface area contributed by atoms with Gasteiger partial charge in [-0.3, -0.25) is 9.59 Å². The number of halogens is 1. The molecule has 0 spiro atoms. The molecule has 0 aliphatic carbocycles. The molecule has 0 radical (unpaired) electrons. The van der Waals surface area contributed by atoms with Crippen molar-refractivity contribution in [3.8, 4) is 0 Å². The van der Waals surface area contributed by atoms with E-state index in [4.69, 9.17) is 10.8 Å². The number of nitrogens with two attached hydrogens (primary N) is 1. The second-order valence-electron chi connectivity index (χ2n) is 5.53. The number of carboxylic acid groups (broad SMARTS) is 1. The first-order valence-corrected chi connectivity index (χ1v) is 7.50. The summed E-state index contributed by atoms with van der Waals surface area (Å²) >= 11 is 0. The Balaban J connectivity index is 2.00. The molecule has 0 bridgehead atoms. The van der Waals surface area contributed by atoms with E-state index in [0.29, 0.717) is 11.1 Å². The first kappa shape index (κ1) is 18.1. The van der Waals surface area contributed by atoms with E-state index in [9.17, 15) is 18.8 Å². The summed E-state index contributed by atoms with van der Waals surface area (Å²) in [4.78, 5) is 34.5. The number of nitrogens with one attached hydrogen (secondary N) is 1. The maximum atomic E-state index is 12.9. The van der Waals surface area contributed by atoms with E-state index in [1.54, 1.807) is 12.1 Å². The monoisotopic (exact) mass is 344 g/mol. The third-order valence-corrected chi connectivity index (χ3v) is 3.60. The standard InChI is InChI=1S/C18H17FN2O4/c19-14-7-3-12(4-8-14)10-16(22)21-15(17(20)23)9-11-1-5-13(6-2-11)18(24)25/h1-8,15H,9-10H2,(H2,20,23)(H,21,22)(H,24,25)/t15-/m1/s1. The van der Waals surface area contributed by atoms with Crippen molar-refractivity contribution in [1.29, 1.82) is 0 Å². The van der Waals surface area contributed by atoms with E-state index in [2.05, 4.69) is 5.32 Å². The van der Waals surface area contributed by atoms with Gasteiger partial charge in [0, 0.05) is 6.42 Å². The minimum absolute atomic E-state index is 0.0119. The Labute approximate surface area is 143 Å². The van der Waals surface area contributed by atoms with Gasteiger partial charge in [0.15, 0.2) is 0 Å². The van der Waals surface area contributed by atoms with Gasteiger partial charge in [0.1, 0.15) is 11.9 Å².